The molecule has 0 aliphatic carbocycles. The van der Waals surface area contributed by atoms with E-state index in [4.69, 9.17) is 11.6 Å². The van der Waals surface area contributed by atoms with E-state index < -0.39 is 0 Å². The quantitative estimate of drug-likeness (QED) is 0.203. The van der Waals surface area contributed by atoms with Gasteiger partial charge < -0.3 is 16.5 Å². The van der Waals surface area contributed by atoms with Crippen LogP contribution >= 0.6 is 11.8 Å². The highest BCUT2D eigenvalue weighted by Gasteiger charge is 2.12. The Morgan fingerprint density at radius 3 is 2.89 bits per heavy atom. The molecule has 4 nitrogen and oxygen atoms in total. The molecule has 1 saturated heterocycles. The molecule has 0 unspecified atom stereocenters. The second kappa shape index (κ2) is 2.82. The summed E-state index contributed by atoms with van der Waals surface area (Å²) in [7, 11) is 0. The number of nitrogens with zero attached hydrogens (tertiary/aromatic N) is 2. The summed E-state index contributed by atoms with van der Waals surface area (Å²) in [5.41, 5.74) is 5.42. The lowest BCUT2D eigenvalue weighted by atomic mass is 10.6. The maximum absolute atomic E-state index is 5.42. The van der Waals surface area contributed by atoms with Crippen LogP contribution in [0, 0.1) is 0 Å². The minimum Gasteiger partial charge on any atom is -0.368 e. The molecule has 0 atom stereocenters. The fraction of sp³-hybridized carbons (Fsp3) is 0.750. The minimum atomic E-state index is 0.444. The third-order valence-corrected chi connectivity index (χ3v) is 2.17. The van der Waals surface area contributed by atoms with Crippen molar-refractivity contribution in [3.8, 4) is 0 Å². The average Bonchev–Trinajstić information content (AvgIpc) is 2.37. The van der Waals surface area contributed by atoms with Crippen LogP contribution in [-0.2, 0) is 0 Å². The second-order valence-corrected chi connectivity index (χ2v) is 2.86. The molecule has 4 N–H and O–H groups in total. The van der Waals surface area contributed by atoms with E-state index in [1.54, 1.807) is 0 Å². The minimum absolute atomic E-state index is 0.444. The van der Waals surface area contributed by atoms with E-state index in [2.05, 4.69) is 5.10 Å². The van der Waals surface area contributed by atoms with Crippen LogP contribution in [0.25, 0.3) is 0 Å². The number of hydrogen-bond acceptors (Lipinski definition) is 3. The lowest BCUT2D eigenvalue weighted by Crippen LogP contribution is -2.35. The Morgan fingerprint density at radius 2 is 2.44 bits per heavy atom. The zero-order valence-electron chi connectivity index (χ0n) is 5.08. The van der Waals surface area contributed by atoms with E-state index in [1.807, 2.05) is 16.7 Å². The zero-order valence-corrected chi connectivity index (χ0v) is 5.90. The summed E-state index contributed by atoms with van der Waals surface area (Å²) < 4.78 is 0. The predicted octanol–water partition coefficient (Wildman–Crippen LogP) is -0.819. The number of hydrazone groups is 1. The number of hydrogen-bond donors (Lipinski definition) is 2. The van der Waals surface area contributed by atoms with Gasteiger partial charge in [0.1, 0.15) is 0 Å². The molecule has 0 aromatic carbocycles. The smallest absolute Gasteiger partial charge is 0.214 e. The van der Waals surface area contributed by atoms with E-state index >= 15 is 0 Å². The van der Waals surface area contributed by atoms with Crippen molar-refractivity contribution < 1.29 is 0 Å². The molecule has 0 aromatic rings. The van der Waals surface area contributed by atoms with Gasteiger partial charge >= 0.3 is 0 Å². The van der Waals surface area contributed by atoms with Gasteiger partial charge in [-0.25, -0.2) is 0 Å². The van der Waals surface area contributed by atoms with Crippen LogP contribution < -0.4 is 11.6 Å². The van der Waals surface area contributed by atoms with E-state index in [-0.39, 0.29) is 0 Å². The molecule has 0 bridgehead atoms. The maximum Gasteiger partial charge on any atom is 0.214 e. The lowest BCUT2D eigenvalue weighted by Gasteiger charge is -2.12. The second-order valence-electron chi connectivity index (χ2n) is 1.79. The Morgan fingerprint density at radius 1 is 1.67 bits per heavy atom. The third-order valence-electron chi connectivity index (χ3n) is 1.21. The van der Waals surface area contributed by atoms with Crippen LogP contribution in [0.3, 0.4) is 0 Å². The van der Waals surface area contributed by atoms with Gasteiger partial charge in [-0.05, 0) is 0 Å². The molecular weight excluding hydrogens is 136 g/mol. The van der Waals surface area contributed by atoms with Crippen LogP contribution in [0.15, 0.2) is 5.10 Å². The van der Waals surface area contributed by atoms with Gasteiger partial charge in [0, 0.05) is 12.3 Å². The Kier molecular flexibility index (Phi) is 2.05. The molecule has 1 fully saturated rings. The van der Waals surface area contributed by atoms with E-state index in [0.29, 0.717) is 5.96 Å². The van der Waals surface area contributed by atoms with E-state index in [0.717, 1.165) is 18.2 Å². The molecule has 0 radical (unpaired) electrons. The van der Waals surface area contributed by atoms with Crippen LogP contribution in [0.1, 0.15) is 0 Å². The molecule has 0 spiro atoms. The Hall–Kier alpha value is -0.580. The van der Waals surface area contributed by atoms with Crippen LogP contribution in [0.4, 0.5) is 0 Å². The SMILES string of the molecule is N/N=C(\N)N1CCSC1. The van der Waals surface area contributed by atoms with Crippen molar-refractivity contribution in [1.82, 2.24) is 4.90 Å². The number of rotatable bonds is 0. The first-order valence-electron chi connectivity index (χ1n) is 2.70. The van der Waals surface area contributed by atoms with Gasteiger partial charge in [0.05, 0.1) is 5.88 Å². The van der Waals surface area contributed by atoms with Gasteiger partial charge in [-0.2, -0.15) is 0 Å². The molecule has 0 amide bonds. The first kappa shape index (κ1) is 6.54. The molecule has 1 aliphatic heterocycles. The average molecular weight is 146 g/mol. The van der Waals surface area contributed by atoms with Crippen molar-refractivity contribution in [1.29, 1.82) is 0 Å². The van der Waals surface area contributed by atoms with Crippen LogP contribution in [0.5, 0.6) is 0 Å². The van der Waals surface area contributed by atoms with Crippen LogP contribution in [0.2, 0.25) is 0 Å². The zero-order chi connectivity index (χ0) is 6.69. The van der Waals surface area contributed by atoms with Crippen LogP contribution in [-0.4, -0.2) is 29.0 Å². The molecule has 5 heteroatoms. The Labute approximate surface area is 58.3 Å². The summed E-state index contributed by atoms with van der Waals surface area (Å²) in [6.45, 7) is 0.969. The van der Waals surface area contributed by atoms with E-state index in [9.17, 15) is 0 Å². The van der Waals surface area contributed by atoms with Crippen molar-refractivity contribution >= 4 is 17.7 Å². The lowest BCUT2D eigenvalue weighted by molar-refractivity contribution is 0.534. The van der Waals surface area contributed by atoms with E-state index in [1.165, 1.54) is 0 Å². The predicted molar refractivity (Wildman–Crippen MR) is 39.8 cm³/mol. The Balaban J connectivity index is 2.42. The third kappa shape index (κ3) is 1.41. The van der Waals surface area contributed by atoms with Crippen molar-refractivity contribution in [2.45, 2.75) is 0 Å². The van der Waals surface area contributed by atoms with Gasteiger partial charge in [-0.1, -0.05) is 0 Å². The van der Waals surface area contributed by atoms with Crippen molar-refractivity contribution in [3.63, 3.8) is 0 Å². The molecule has 9 heavy (non-hydrogen) atoms. The first-order valence-corrected chi connectivity index (χ1v) is 3.86. The number of nitrogens with two attached hydrogens (primary N) is 2. The molecule has 1 aliphatic rings. The number of thioether (sulfide) groups is 1. The monoisotopic (exact) mass is 146 g/mol. The molecule has 52 valence electrons. The summed E-state index contributed by atoms with van der Waals surface area (Å²) in [4.78, 5) is 1.95. The van der Waals surface area contributed by atoms with Gasteiger partial charge in [-0.3, -0.25) is 0 Å². The highest BCUT2D eigenvalue weighted by atomic mass is 32.2. The number of guanidine groups is 1. The fourth-order valence-corrected chi connectivity index (χ4v) is 1.64. The summed E-state index contributed by atoms with van der Waals surface area (Å²) in [5, 5.41) is 3.38. The maximum atomic E-state index is 5.42. The standard InChI is InChI=1S/C4H10N4S/c5-4(7-6)8-1-2-9-3-8/h1-3,6H2,(H2,5,7). The summed E-state index contributed by atoms with van der Waals surface area (Å²) in [5.74, 6) is 7.45. The van der Waals surface area contributed by atoms with Gasteiger partial charge in [0.15, 0.2) is 0 Å². The first-order chi connectivity index (χ1) is 4.34. The normalized spacial score (nSPS) is 20.9. The van der Waals surface area contributed by atoms with Gasteiger partial charge in [0.25, 0.3) is 0 Å². The fourth-order valence-electron chi connectivity index (χ4n) is 0.676. The van der Waals surface area contributed by atoms with Gasteiger partial charge in [-0.15, -0.1) is 16.9 Å². The highest BCUT2D eigenvalue weighted by Crippen LogP contribution is 2.11. The topological polar surface area (TPSA) is 67.6 Å². The Bertz CT molecular complexity index is 118. The largest absolute Gasteiger partial charge is 0.368 e. The van der Waals surface area contributed by atoms with Crippen molar-refractivity contribution in [2.75, 3.05) is 18.2 Å². The highest BCUT2D eigenvalue weighted by molar-refractivity contribution is 7.99. The van der Waals surface area contributed by atoms with Crippen molar-refractivity contribution in [2.24, 2.45) is 16.7 Å². The summed E-state index contributed by atoms with van der Waals surface area (Å²) in [6, 6.07) is 0. The molecule has 0 aromatic heterocycles. The summed E-state index contributed by atoms with van der Waals surface area (Å²) in [6.07, 6.45) is 0. The molecule has 1 heterocycles. The molecule has 1 rings (SSSR count). The van der Waals surface area contributed by atoms with Gasteiger partial charge in [0.2, 0.25) is 5.96 Å². The molecule has 0 saturated carbocycles. The van der Waals surface area contributed by atoms with Crippen molar-refractivity contribution in [3.05, 3.63) is 0 Å². The summed E-state index contributed by atoms with van der Waals surface area (Å²) >= 11 is 1.84. The molecular formula is C4H10N4S.